The Morgan fingerprint density at radius 1 is 1.24 bits per heavy atom. The number of nitrogens with one attached hydrogen (secondary N) is 2. The zero-order valence-electron chi connectivity index (χ0n) is 12.5. The molecule has 2 amide bonds. The number of carboxylic acids is 1. The summed E-state index contributed by atoms with van der Waals surface area (Å²) in [5.74, 6) is -1.76. The van der Waals surface area contributed by atoms with E-state index in [2.05, 4.69) is 10.6 Å². The zero-order chi connectivity index (χ0) is 16.3. The van der Waals surface area contributed by atoms with Crippen LogP contribution in [0.25, 0.3) is 0 Å². The first-order chi connectivity index (χ1) is 9.58. The molecule has 1 aromatic rings. The van der Waals surface area contributed by atoms with Crippen LogP contribution in [-0.2, 0) is 9.59 Å². The van der Waals surface area contributed by atoms with Crippen LogP contribution in [0.3, 0.4) is 0 Å². The van der Waals surface area contributed by atoms with Crippen molar-refractivity contribution in [2.45, 2.75) is 33.2 Å². The van der Waals surface area contributed by atoms with Crippen molar-refractivity contribution in [1.82, 2.24) is 10.6 Å². The van der Waals surface area contributed by atoms with Crippen molar-refractivity contribution in [3.8, 4) is 0 Å². The van der Waals surface area contributed by atoms with E-state index in [0.29, 0.717) is 4.88 Å². The van der Waals surface area contributed by atoms with Gasteiger partial charge in [-0.2, -0.15) is 0 Å². The third-order valence-electron chi connectivity index (χ3n) is 3.70. The highest BCUT2D eigenvalue weighted by atomic mass is 32.1. The molecule has 1 heterocycles. The molecule has 0 aromatic carbocycles. The molecule has 0 fully saturated rings. The van der Waals surface area contributed by atoms with E-state index >= 15 is 0 Å². The fourth-order valence-corrected chi connectivity index (χ4v) is 2.11. The van der Waals surface area contributed by atoms with Gasteiger partial charge in [0.25, 0.3) is 5.91 Å². The van der Waals surface area contributed by atoms with Crippen molar-refractivity contribution in [3.63, 3.8) is 0 Å². The summed E-state index contributed by atoms with van der Waals surface area (Å²) in [5, 5.41) is 16.1. The Hall–Kier alpha value is -1.89. The number of aliphatic carboxylic acids is 1. The van der Waals surface area contributed by atoms with Gasteiger partial charge >= 0.3 is 5.97 Å². The van der Waals surface area contributed by atoms with E-state index in [9.17, 15) is 19.5 Å². The zero-order valence-corrected chi connectivity index (χ0v) is 13.3. The van der Waals surface area contributed by atoms with Crippen molar-refractivity contribution in [1.29, 1.82) is 0 Å². The molecule has 0 radical (unpaired) electrons. The molecule has 0 aliphatic carbocycles. The summed E-state index contributed by atoms with van der Waals surface area (Å²) in [6.45, 7) is 6.16. The van der Waals surface area contributed by atoms with Gasteiger partial charge in [0.2, 0.25) is 5.91 Å². The molecule has 0 saturated heterocycles. The Morgan fingerprint density at radius 2 is 1.86 bits per heavy atom. The normalized spacial score (nSPS) is 11.8. The molecule has 0 aliphatic rings. The van der Waals surface area contributed by atoms with E-state index in [0.717, 1.165) is 0 Å². The number of carbonyl (C=O) groups excluding carboxylic acids is 2. The molecular weight excluding hydrogens is 292 g/mol. The van der Waals surface area contributed by atoms with Crippen LogP contribution >= 0.6 is 11.3 Å². The van der Waals surface area contributed by atoms with Gasteiger partial charge in [-0.25, -0.2) is 0 Å². The van der Waals surface area contributed by atoms with Gasteiger partial charge in [-0.1, -0.05) is 6.07 Å². The summed E-state index contributed by atoms with van der Waals surface area (Å²) in [6, 6.07) is 3.41. The largest absolute Gasteiger partial charge is 0.481 e. The molecule has 1 aromatic heterocycles. The summed E-state index contributed by atoms with van der Waals surface area (Å²) < 4.78 is 0. The van der Waals surface area contributed by atoms with Gasteiger partial charge in [-0.15, -0.1) is 11.3 Å². The summed E-state index contributed by atoms with van der Waals surface area (Å²) in [6.07, 6.45) is 0. The Bertz CT molecular complexity index is 535. The monoisotopic (exact) mass is 312 g/mol. The Labute approximate surface area is 127 Å². The van der Waals surface area contributed by atoms with E-state index in [1.807, 2.05) is 0 Å². The maximum absolute atomic E-state index is 11.9. The Morgan fingerprint density at radius 3 is 2.33 bits per heavy atom. The van der Waals surface area contributed by atoms with E-state index in [4.69, 9.17) is 0 Å². The van der Waals surface area contributed by atoms with Crippen LogP contribution in [0.1, 0.15) is 37.4 Å². The molecule has 7 heteroatoms. The second-order valence-corrected chi connectivity index (χ2v) is 6.71. The SMILES string of the molecule is CC(C)(NC(=O)CNC(=O)c1cccs1)C(C)(C)C(=O)O. The molecule has 1 rings (SSSR count). The minimum Gasteiger partial charge on any atom is -0.481 e. The van der Waals surface area contributed by atoms with Gasteiger partial charge in [0.15, 0.2) is 0 Å². The molecule has 0 unspecified atom stereocenters. The van der Waals surface area contributed by atoms with E-state index < -0.39 is 22.8 Å². The topological polar surface area (TPSA) is 95.5 Å². The number of hydrogen-bond acceptors (Lipinski definition) is 4. The average Bonchev–Trinajstić information content (AvgIpc) is 2.88. The van der Waals surface area contributed by atoms with Crippen molar-refractivity contribution < 1.29 is 19.5 Å². The van der Waals surface area contributed by atoms with E-state index in [-0.39, 0.29) is 12.5 Å². The number of hydrogen-bond donors (Lipinski definition) is 3. The van der Waals surface area contributed by atoms with Crippen LogP contribution < -0.4 is 10.6 Å². The van der Waals surface area contributed by atoms with Crippen molar-refractivity contribution in [2.75, 3.05) is 6.54 Å². The van der Waals surface area contributed by atoms with Crippen LogP contribution in [-0.4, -0.2) is 35.0 Å². The average molecular weight is 312 g/mol. The highest BCUT2D eigenvalue weighted by molar-refractivity contribution is 7.12. The lowest BCUT2D eigenvalue weighted by Crippen LogP contribution is -2.58. The first-order valence-electron chi connectivity index (χ1n) is 6.44. The standard InChI is InChI=1S/C14H20N2O4S/c1-13(2,12(19)20)14(3,4)16-10(17)8-15-11(18)9-6-5-7-21-9/h5-7H,8H2,1-4H3,(H,15,18)(H,16,17)(H,19,20). The lowest BCUT2D eigenvalue weighted by molar-refractivity contribution is -0.151. The number of carboxylic acid groups (broad SMARTS) is 1. The summed E-state index contributed by atoms with van der Waals surface area (Å²) in [7, 11) is 0. The molecule has 0 saturated carbocycles. The molecule has 0 spiro atoms. The Balaban J connectivity index is 2.57. The van der Waals surface area contributed by atoms with Crippen LogP contribution in [0, 0.1) is 5.41 Å². The predicted octanol–water partition coefficient (Wildman–Crippen LogP) is 1.48. The second-order valence-electron chi connectivity index (χ2n) is 5.76. The smallest absolute Gasteiger partial charge is 0.311 e. The van der Waals surface area contributed by atoms with Gasteiger partial charge in [0.05, 0.1) is 22.4 Å². The van der Waals surface area contributed by atoms with Gasteiger partial charge in [-0.3, -0.25) is 14.4 Å². The fraction of sp³-hybridized carbons (Fsp3) is 0.500. The third kappa shape index (κ3) is 4.04. The molecule has 116 valence electrons. The van der Waals surface area contributed by atoms with Gasteiger partial charge in [0.1, 0.15) is 0 Å². The number of carbonyl (C=O) groups is 3. The van der Waals surface area contributed by atoms with Gasteiger partial charge in [0, 0.05) is 0 Å². The predicted molar refractivity (Wildman–Crippen MR) is 80.3 cm³/mol. The maximum atomic E-state index is 11.9. The molecule has 0 atom stereocenters. The molecule has 6 nitrogen and oxygen atoms in total. The van der Waals surface area contributed by atoms with Crippen LogP contribution in [0.2, 0.25) is 0 Å². The number of amides is 2. The lowest BCUT2D eigenvalue weighted by atomic mass is 9.74. The Kier molecular flexibility index (Phi) is 5.11. The summed E-state index contributed by atoms with van der Waals surface area (Å²) >= 11 is 1.28. The van der Waals surface area contributed by atoms with Crippen molar-refractivity contribution in [3.05, 3.63) is 22.4 Å². The van der Waals surface area contributed by atoms with Crippen molar-refractivity contribution >= 4 is 29.1 Å². The minimum atomic E-state index is -1.14. The van der Waals surface area contributed by atoms with Crippen LogP contribution in [0.15, 0.2) is 17.5 Å². The van der Waals surface area contributed by atoms with Gasteiger partial charge < -0.3 is 15.7 Å². The molecular formula is C14H20N2O4S. The van der Waals surface area contributed by atoms with E-state index in [1.54, 1.807) is 45.2 Å². The summed E-state index contributed by atoms with van der Waals surface area (Å²) in [4.78, 5) is 35.4. The fourth-order valence-electron chi connectivity index (χ4n) is 1.47. The minimum absolute atomic E-state index is 0.199. The van der Waals surface area contributed by atoms with Crippen LogP contribution in [0.5, 0.6) is 0 Å². The van der Waals surface area contributed by atoms with Crippen LogP contribution in [0.4, 0.5) is 0 Å². The highest BCUT2D eigenvalue weighted by Gasteiger charge is 2.44. The molecule has 3 N–H and O–H groups in total. The van der Waals surface area contributed by atoms with E-state index in [1.165, 1.54) is 11.3 Å². The highest BCUT2D eigenvalue weighted by Crippen LogP contribution is 2.30. The maximum Gasteiger partial charge on any atom is 0.311 e. The first kappa shape index (κ1) is 17.2. The number of thiophene rings is 1. The quantitative estimate of drug-likeness (QED) is 0.741. The van der Waals surface area contributed by atoms with Gasteiger partial charge in [-0.05, 0) is 39.1 Å². The molecule has 0 bridgehead atoms. The number of rotatable bonds is 6. The third-order valence-corrected chi connectivity index (χ3v) is 4.57. The summed E-state index contributed by atoms with van der Waals surface area (Å²) in [5.41, 5.74) is -2.09. The first-order valence-corrected chi connectivity index (χ1v) is 7.32. The lowest BCUT2D eigenvalue weighted by Gasteiger charge is -2.38. The second kappa shape index (κ2) is 6.26. The molecule has 21 heavy (non-hydrogen) atoms. The van der Waals surface area contributed by atoms with Crippen molar-refractivity contribution in [2.24, 2.45) is 5.41 Å². The molecule has 0 aliphatic heterocycles.